The largest absolute Gasteiger partial charge is 0.275 e. The predicted molar refractivity (Wildman–Crippen MR) is 61.0 cm³/mol. The van der Waals surface area contributed by atoms with Crippen molar-refractivity contribution in [1.82, 2.24) is 30.0 Å². The van der Waals surface area contributed by atoms with Gasteiger partial charge in [-0.25, -0.2) is 4.68 Å². The van der Waals surface area contributed by atoms with E-state index >= 15 is 0 Å². The summed E-state index contributed by atoms with van der Waals surface area (Å²) in [5.41, 5.74) is 1.83. The van der Waals surface area contributed by atoms with Crippen molar-refractivity contribution in [3.63, 3.8) is 0 Å². The van der Waals surface area contributed by atoms with Gasteiger partial charge in [0, 0.05) is 6.20 Å². The summed E-state index contributed by atoms with van der Waals surface area (Å²) in [5.74, 6) is 0.573. The van der Waals surface area contributed by atoms with Crippen LogP contribution >= 0.6 is 0 Å². The average molecular weight is 226 g/mol. The van der Waals surface area contributed by atoms with Crippen LogP contribution in [0.25, 0.3) is 11.6 Å². The fourth-order valence-corrected chi connectivity index (χ4v) is 1.59. The highest BCUT2D eigenvalue weighted by Gasteiger charge is 2.10. The Balaban J connectivity index is 2.12. The van der Waals surface area contributed by atoms with Crippen molar-refractivity contribution in [2.24, 2.45) is 0 Å². The van der Waals surface area contributed by atoms with E-state index in [1.165, 1.54) is 0 Å². The molecule has 0 saturated carbocycles. The van der Waals surface area contributed by atoms with Crippen LogP contribution in [0, 0.1) is 6.92 Å². The first-order valence-electron chi connectivity index (χ1n) is 5.21. The number of hydrogen-bond donors (Lipinski definition) is 0. The lowest BCUT2D eigenvalue weighted by Crippen LogP contribution is -2.07. The van der Waals surface area contributed by atoms with Crippen molar-refractivity contribution < 1.29 is 0 Å². The summed E-state index contributed by atoms with van der Waals surface area (Å²) in [5, 5.41) is 15.9. The molecule has 2 aromatic heterocycles. The molecule has 0 aliphatic carbocycles. The highest BCUT2D eigenvalue weighted by Crippen LogP contribution is 2.10. The van der Waals surface area contributed by atoms with E-state index < -0.39 is 0 Å². The molecule has 2 heterocycles. The molecule has 0 atom stereocenters. The molecule has 3 rings (SSSR count). The third-order valence-electron chi connectivity index (χ3n) is 2.38. The van der Waals surface area contributed by atoms with E-state index in [0.717, 1.165) is 11.4 Å². The zero-order valence-electron chi connectivity index (χ0n) is 9.22. The lowest BCUT2D eigenvalue weighted by atomic mass is 10.3. The van der Waals surface area contributed by atoms with Crippen molar-refractivity contribution >= 4 is 0 Å². The van der Waals surface area contributed by atoms with Gasteiger partial charge in [-0.2, -0.15) is 9.78 Å². The van der Waals surface area contributed by atoms with Crippen LogP contribution in [-0.4, -0.2) is 30.0 Å². The highest BCUT2D eigenvalue weighted by molar-refractivity contribution is 5.33. The Hall–Kier alpha value is -2.50. The maximum absolute atomic E-state index is 4.29. The van der Waals surface area contributed by atoms with Crippen molar-refractivity contribution in [2.75, 3.05) is 0 Å². The quantitative estimate of drug-likeness (QED) is 0.657. The van der Waals surface area contributed by atoms with Crippen LogP contribution < -0.4 is 0 Å². The normalized spacial score (nSPS) is 10.6. The molecule has 0 radical (unpaired) electrons. The molecule has 0 spiro atoms. The third-order valence-corrected chi connectivity index (χ3v) is 2.38. The minimum absolute atomic E-state index is 0.573. The van der Waals surface area contributed by atoms with E-state index in [4.69, 9.17) is 0 Å². The van der Waals surface area contributed by atoms with E-state index in [2.05, 4.69) is 20.6 Å². The lowest BCUT2D eigenvalue weighted by Gasteiger charge is -2.03. The molecular formula is C11H10N6. The van der Waals surface area contributed by atoms with Gasteiger partial charge in [-0.1, -0.05) is 23.3 Å². The van der Waals surface area contributed by atoms with Crippen molar-refractivity contribution in [2.45, 2.75) is 6.92 Å². The summed E-state index contributed by atoms with van der Waals surface area (Å²) in [6.07, 6.45) is 1.83. The molecule has 1 aromatic carbocycles. The monoisotopic (exact) mass is 226 g/mol. The Bertz CT molecular complexity index is 624. The second-order valence-corrected chi connectivity index (χ2v) is 3.63. The van der Waals surface area contributed by atoms with Crippen LogP contribution in [0.2, 0.25) is 0 Å². The first-order valence-corrected chi connectivity index (χ1v) is 5.21. The zero-order chi connectivity index (χ0) is 11.7. The fraction of sp³-hybridized carbons (Fsp3) is 0.0909. The van der Waals surface area contributed by atoms with Gasteiger partial charge in [0.05, 0.1) is 11.4 Å². The van der Waals surface area contributed by atoms with Gasteiger partial charge in [0.1, 0.15) is 0 Å². The molecule has 0 bridgehead atoms. The molecular weight excluding hydrogens is 216 g/mol. The Morgan fingerprint density at radius 1 is 1.06 bits per heavy atom. The highest BCUT2D eigenvalue weighted by atomic mass is 15.6. The number of benzene rings is 1. The van der Waals surface area contributed by atoms with Crippen LogP contribution in [0.5, 0.6) is 0 Å². The Kier molecular flexibility index (Phi) is 2.18. The van der Waals surface area contributed by atoms with Gasteiger partial charge in [0.15, 0.2) is 0 Å². The SMILES string of the molecule is Cc1ccn(-c2nnnn2-c2ccccc2)n1. The van der Waals surface area contributed by atoms with Crippen molar-refractivity contribution in [3.8, 4) is 11.6 Å². The molecule has 0 unspecified atom stereocenters. The summed E-state index contributed by atoms with van der Waals surface area (Å²) in [6.45, 7) is 1.92. The molecule has 84 valence electrons. The maximum atomic E-state index is 4.29. The molecule has 6 heteroatoms. The number of nitrogens with zero attached hydrogens (tertiary/aromatic N) is 6. The van der Waals surface area contributed by atoms with Gasteiger partial charge in [-0.3, -0.25) is 0 Å². The average Bonchev–Trinajstić information content (AvgIpc) is 2.98. The topological polar surface area (TPSA) is 61.4 Å². The van der Waals surface area contributed by atoms with Gasteiger partial charge in [-0.15, -0.1) is 0 Å². The Morgan fingerprint density at radius 3 is 2.59 bits per heavy atom. The summed E-state index contributed by atoms with van der Waals surface area (Å²) in [4.78, 5) is 0. The van der Waals surface area contributed by atoms with E-state index in [1.807, 2.05) is 49.5 Å². The van der Waals surface area contributed by atoms with Crippen LogP contribution in [0.3, 0.4) is 0 Å². The maximum Gasteiger partial charge on any atom is 0.275 e. The minimum atomic E-state index is 0.573. The smallest absolute Gasteiger partial charge is 0.204 e. The van der Waals surface area contributed by atoms with Crippen LogP contribution in [0.15, 0.2) is 42.6 Å². The van der Waals surface area contributed by atoms with Crippen LogP contribution in [-0.2, 0) is 0 Å². The van der Waals surface area contributed by atoms with Crippen molar-refractivity contribution in [3.05, 3.63) is 48.3 Å². The standard InChI is InChI=1S/C11H10N6/c1-9-7-8-16(13-9)11-12-14-15-17(11)10-5-3-2-4-6-10/h2-8H,1H3. The molecule has 6 nitrogen and oxygen atoms in total. The van der Waals surface area contributed by atoms with Gasteiger partial charge in [0.25, 0.3) is 5.95 Å². The fourth-order valence-electron chi connectivity index (χ4n) is 1.59. The summed E-state index contributed by atoms with van der Waals surface area (Å²) in [7, 11) is 0. The van der Waals surface area contributed by atoms with Crippen LogP contribution in [0.4, 0.5) is 0 Å². The molecule has 0 aliphatic heterocycles. The molecule has 0 amide bonds. The van der Waals surface area contributed by atoms with Crippen LogP contribution in [0.1, 0.15) is 5.69 Å². The molecule has 3 aromatic rings. The molecule has 0 aliphatic rings. The second kappa shape index (κ2) is 3.82. The van der Waals surface area contributed by atoms with Gasteiger partial charge < -0.3 is 0 Å². The van der Waals surface area contributed by atoms with Gasteiger partial charge in [0.2, 0.25) is 0 Å². The minimum Gasteiger partial charge on any atom is -0.204 e. The number of aryl methyl sites for hydroxylation is 1. The predicted octanol–water partition coefficient (Wildman–Crippen LogP) is 1.16. The lowest BCUT2D eigenvalue weighted by molar-refractivity contribution is 0.736. The number of tetrazole rings is 1. The first kappa shape index (κ1) is 9.71. The Labute approximate surface area is 97.5 Å². The third kappa shape index (κ3) is 1.69. The second-order valence-electron chi connectivity index (χ2n) is 3.63. The van der Waals surface area contributed by atoms with Gasteiger partial charge >= 0.3 is 0 Å². The van der Waals surface area contributed by atoms with Gasteiger partial charge in [-0.05, 0) is 35.5 Å². The van der Waals surface area contributed by atoms with Crippen molar-refractivity contribution in [1.29, 1.82) is 0 Å². The number of aromatic nitrogens is 6. The number of hydrogen-bond acceptors (Lipinski definition) is 4. The van der Waals surface area contributed by atoms with E-state index in [9.17, 15) is 0 Å². The zero-order valence-corrected chi connectivity index (χ0v) is 9.22. The summed E-state index contributed by atoms with van der Waals surface area (Å²) >= 11 is 0. The first-order chi connectivity index (χ1) is 8.34. The van der Waals surface area contributed by atoms with E-state index in [0.29, 0.717) is 5.95 Å². The molecule has 0 N–H and O–H groups in total. The number of para-hydroxylation sites is 1. The van der Waals surface area contributed by atoms with E-state index in [-0.39, 0.29) is 0 Å². The number of rotatable bonds is 2. The Morgan fingerprint density at radius 2 is 1.88 bits per heavy atom. The molecule has 0 fully saturated rings. The summed E-state index contributed by atoms with van der Waals surface area (Å²) in [6, 6.07) is 11.6. The van der Waals surface area contributed by atoms with E-state index in [1.54, 1.807) is 9.36 Å². The molecule has 17 heavy (non-hydrogen) atoms. The molecule has 0 saturated heterocycles. The summed E-state index contributed by atoms with van der Waals surface area (Å²) < 4.78 is 3.30.